The van der Waals surface area contributed by atoms with Crippen LogP contribution in [0.15, 0.2) is 0 Å². The molecular weight excluding hydrogens is 136 g/mol. The van der Waals surface area contributed by atoms with Gasteiger partial charge in [0.05, 0.1) is 6.17 Å². The molecule has 0 rings (SSSR count). The van der Waals surface area contributed by atoms with Gasteiger partial charge in [0.25, 0.3) is 0 Å². The van der Waals surface area contributed by atoms with E-state index >= 15 is 0 Å². The summed E-state index contributed by atoms with van der Waals surface area (Å²) in [5.74, 6) is 0.768. The Labute approximate surface area is 71.2 Å². The van der Waals surface area contributed by atoms with Crippen LogP contribution in [0.25, 0.3) is 0 Å². The second-order valence-electron chi connectivity index (χ2n) is 4.04. The monoisotopic (exact) mass is 158 g/mol. The van der Waals surface area contributed by atoms with Crippen molar-refractivity contribution in [2.75, 3.05) is 28.2 Å². The topological polar surface area (TPSA) is 6.48 Å². The zero-order valence-electron chi connectivity index (χ0n) is 8.76. The van der Waals surface area contributed by atoms with Crippen LogP contribution in [0.5, 0.6) is 0 Å². The molecule has 0 fully saturated rings. The maximum Gasteiger partial charge on any atom is 0.0614 e. The third kappa shape index (κ3) is 4.38. The van der Waals surface area contributed by atoms with Crippen LogP contribution in [0.3, 0.4) is 0 Å². The molecule has 0 bridgehead atoms. The third-order valence-electron chi connectivity index (χ3n) is 1.87. The molecule has 11 heavy (non-hydrogen) atoms. The smallest absolute Gasteiger partial charge is 0.0614 e. The van der Waals surface area contributed by atoms with Crippen LogP contribution in [-0.2, 0) is 0 Å². The molecule has 0 spiro atoms. The van der Waals surface area contributed by atoms with Crippen molar-refractivity contribution < 1.29 is 0 Å². The molecule has 0 aliphatic heterocycles. The molecule has 0 saturated heterocycles. The predicted molar refractivity (Wildman–Crippen MR) is 50.6 cm³/mol. The van der Waals surface area contributed by atoms with Crippen LogP contribution in [0.4, 0.5) is 0 Å². The van der Waals surface area contributed by atoms with Crippen molar-refractivity contribution in [3.63, 3.8) is 0 Å². The van der Waals surface area contributed by atoms with Crippen LogP contribution in [0.2, 0.25) is 0 Å². The first-order valence-corrected chi connectivity index (χ1v) is 4.28. The average molecular weight is 158 g/mol. The summed E-state index contributed by atoms with van der Waals surface area (Å²) in [7, 11) is 8.53. The van der Waals surface area contributed by atoms with Crippen molar-refractivity contribution >= 4 is 0 Å². The summed E-state index contributed by atoms with van der Waals surface area (Å²) in [5.41, 5.74) is 0. The number of nitrogens with zero attached hydrogens (tertiary/aromatic N) is 2. The molecule has 2 nitrogen and oxygen atoms in total. The fourth-order valence-corrected chi connectivity index (χ4v) is 1.31. The Morgan fingerprint density at radius 3 is 1.36 bits per heavy atom. The molecular formula is C9H22N2. The van der Waals surface area contributed by atoms with E-state index in [0.717, 1.165) is 5.92 Å². The number of rotatable bonds is 4. The van der Waals surface area contributed by atoms with Crippen molar-refractivity contribution in [3.8, 4) is 0 Å². The van der Waals surface area contributed by atoms with Crippen molar-refractivity contribution in [1.82, 2.24) is 9.80 Å². The van der Waals surface area contributed by atoms with E-state index in [0.29, 0.717) is 6.17 Å². The first kappa shape index (κ1) is 10.9. The summed E-state index contributed by atoms with van der Waals surface area (Å²) >= 11 is 0. The van der Waals surface area contributed by atoms with Crippen LogP contribution in [0, 0.1) is 5.92 Å². The van der Waals surface area contributed by atoms with Crippen molar-refractivity contribution in [3.05, 3.63) is 0 Å². The van der Waals surface area contributed by atoms with Gasteiger partial charge in [-0.05, 0) is 40.5 Å². The van der Waals surface area contributed by atoms with Crippen LogP contribution in [0.1, 0.15) is 20.3 Å². The quantitative estimate of drug-likeness (QED) is 0.572. The predicted octanol–water partition coefficient (Wildman–Crippen LogP) is 1.48. The second-order valence-corrected chi connectivity index (χ2v) is 4.04. The molecule has 0 atom stereocenters. The first-order chi connectivity index (χ1) is 4.95. The maximum absolute atomic E-state index is 2.26. The van der Waals surface area contributed by atoms with Crippen LogP contribution >= 0.6 is 0 Å². The van der Waals surface area contributed by atoms with Gasteiger partial charge in [0, 0.05) is 0 Å². The van der Waals surface area contributed by atoms with E-state index in [2.05, 4.69) is 51.8 Å². The Morgan fingerprint density at radius 1 is 0.909 bits per heavy atom. The standard InChI is InChI=1S/C9H22N2/c1-8(2)7-9(10(3)4)11(5)6/h8-9H,7H2,1-6H3. The highest BCUT2D eigenvalue weighted by atomic mass is 15.3. The van der Waals surface area contributed by atoms with Gasteiger partial charge in [-0.3, -0.25) is 9.80 Å². The molecule has 0 N–H and O–H groups in total. The molecule has 0 aliphatic carbocycles. The normalized spacial score (nSPS) is 12.5. The summed E-state index contributed by atoms with van der Waals surface area (Å²) in [6.45, 7) is 4.53. The SMILES string of the molecule is CC(C)CC(N(C)C)N(C)C. The molecule has 0 radical (unpaired) electrons. The summed E-state index contributed by atoms with van der Waals surface area (Å²) in [4.78, 5) is 4.53. The van der Waals surface area contributed by atoms with Gasteiger partial charge in [-0.15, -0.1) is 0 Å². The molecule has 0 saturated carbocycles. The second kappa shape index (κ2) is 4.73. The molecule has 68 valence electrons. The highest BCUT2D eigenvalue weighted by Gasteiger charge is 2.14. The van der Waals surface area contributed by atoms with Gasteiger partial charge in [0.2, 0.25) is 0 Å². The van der Waals surface area contributed by atoms with E-state index in [1.165, 1.54) is 6.42 Å². The lowest BCUT2D eigenvalue weighted by Crippen LogP contribution is -2.41. The zero-order valence-corrected chi connectivity index (χ0v) is 8.76. The summed E-state index contributed by atoms with van der Waals surface area (Å²) in [6, 6.07) is 0. The molecule has 0 aromatic rings. The zero-order chi connectivity index (χ0) is 9.02. The fraction of sp³-hybridized carbons (Fsp3) is 1.00. The van der Waals surface area contributed by atoms with E-state index in [9.17, 15) is 0 Å². The minimum atomic E-state index is 0.579. The van der Waals surface area contributed by atoms with Gasteiger partial charge in [0.15, 0.2) is 0 Å². The lowest BCUT2D eigenvalue weighted by molar-refractivity contribution is 0.107. The average Bonchev–Trinajstić information content (AvgIpc) is 1.81. The molecule has 0 aromatic carbocycles. The van der Waals surface area contributed by atoms with Gasteiger partial charge < -0.3 is 0 Å². The minimum absolute atomic E-state index is 0.579. The van der Waals surface area contributed by atoms with E-state index in [1.807, 2.05) is 0 Å². The Balaban J connectivity index is 3.90. The van der Waals surface area contributed by atoms with Gasteiger partial charge >= 0.3 is 0 Å². The van der Waals surface area contributed by atoms with Crippen LogP contribution in [-0.4, -0.2) is 44.2 Å². The van der Waals surface area contributed by atoms with E-state index in [4.69, 9.17) is 0 Å². The Kier molecular flexibility index (Phi) is 4.69. The Morgan fingerprint density at radius 2 is 1.27 bits per heavy atom. The Hall–Kier alpha value is -0.0800. The molecule has 2 heteroatoms. The maximum atomic E-state index is 2.26. The largest absolute Gasteiger partial charge is 0.294 e. The molecule has 0 unspecified atom stereocenters. The minimum Gasteiger partial charge on any atom is -0.294 e. The van der Waals surface area contributed by atoms with Crippen molar-refractivity contribution in [2.45, 2.75) is 26.4 Å². The van der Waals surface area contributed by atoms with Gasteiger partial charge in [0.1, 0.15) is 0 Å². The summed E-state index contributed by atoms with van der Waals surface area (Å²) in [5, 5.41) is 0. The molecule has 0 aromatic heterocycles. The van der Waals surface area contributed by atoms with Crippen molar-refractivity contribution in [2.24, 2.45) is 5.92 Å². The van der Waals surface area contributed by atoms with E-state index in [1.54, 1.807) is 0 Å². The van der Waals surface area contributed by atoms with Crippen molar-refractivity contribution in [1.29, 1.82) is 0 Å². The van der Waals surface area contributed by atoms with E-state index < -0.39 is 0 Å². The van der Waals surface area contributed by atoms with Crippen LogP contribution < -0.4 is 0 Å². The highest BCUT2D eigenvalue weighted by molar-refractivity contribution is 4.64. The molecule has 0 amide bonds. The lowest BCUT2D eigenvalue weighted by Gasteiger charge is -2.31. The number of hydrogen-bond donors (Lipinski definition) is 0. The summed E-state index contributed by atoms with van der Waals surface area (Å²) in [6.07, 6.45) is 1.81. The fourth-order valence-electron chi connectivity index (χ4n) is 1.31. The Bertz CT molecular complexity index is 89.7. The van der Waals surface area contributed by atoms with Gasteiger partial charge in [-0.1, -0.05) is 13.8 Å². The van der Waals surface area contributed by atoms with Gasteiger partial charge in [-0.25, -0.2) is 0 Å². The van der Waals surface area contributed by atoms with Gasteiger partial charge in [-0.2, -0.15) is 0 Å². The van der Waals surface area contributed by atoms with E-state index in [-0.39, 0.29) is 0 Å². The third-order valence-corrected chi connectivity index (χ3v) is 1.87. The lowest BCUT2D eigenvalue weighted by atomic mass is 10.1. The molecule has 0 heterocycles. The summed E-state index contributed by atoms with van der Waals surface area (Å²) < 4.78 is 0. The first-order valence-electron chi connectivity index (χ1n) is 4.28. The molecule has 0 aliphatic rings. The highest BCUT2D eigenvalue weighted by Crippen LogP contribution is 2.10. The number of hydrogen-bond acceptors (Lipinski definition) is 2.